The lowest BCUT2D eigenvalue weighted by Crippen LogP contribution is -2.51. The van der Waals surface area contributed by atoms with Crippen LogP contribution in [0.5, 0.6) is 0 Å². The third-order valence-corrected chi connectivity index (χ3v) is 6.45. The molecule has 112 valence electrons. The van der Waals surface area contributed by atoms with Gasteiger partial charge in [0.1, 0.15) is 5.54 Å². The van der Waals surface area contributed by atoms with E-state index in [9.17, 15) is 5.26 Å². The van der Waals surface area contributed by atoms with Crippen LogP contribution in [0, 0.1) is 29.1 Å². The number of nitrogens with zero attached hydrogens (tertiary/aromatic N) is 2. The summed E-state index contributed by atoms with van der Waals surface area (Å²) in [6.07, 6.45) is 10.4. The SMILES string of the molecule is CNC1(C#N)CCCC(N(C)CC2CC3CCC2C3)C1. The van der Waals surface area contributed by atoms with Crippen molar-refractivity contribution < 1.29 is 0 Å². The van der Waals surface area contributed by atoms with Gasteiger partial charge in [-0.2, -0.15) is 5.26 Å². The molecule has 3 aliphatic carbocycles. The molecule has 3 nitrogen and oxygen atoms in total. The molecule has 0 aromatic carbocycles. The molecular formula is C17H29N3. The number of hydrogen-bond acceptors (Lipinski definition) is 3. The van der Waals surface area contributed by atoms with Crippen LogP contribution in [0.2, 0.25) is 0 Å². The molecule has 0 radical (unpaired) electrons. The van der Waals surface area contributed by atoms with Crippen LogP contribution in [-0.2, 0) is 0 Å². The highest BCUT2D eigenvalue weighted by Gasteiger charge is 2.41. The topological polar surface area (TPSA) is 39.1 Å². The van der Waals surface area contributed by atoms with Gasteiger partial charge in [0.15, 0.2) is 0 Å². The van der Waals surface area contributed by atoms with E-state index < -0.39 is 0 Å². The molecule has 0 aromatic rings. The van der Waals surface area contributed by atoms with Crippen molar-refractivity contribution in [2.75, 3.05) is 20.6 Å². The minimum absolute atomic E-state index is 0.272. The molecule has 0 spiro atoms. The Morgan fingerprint density at radius 1 is 1.30 bits per heavy atom. The quantitative estimate of drug-likeness (QED) is 0.857. The van der Waals surface area contributed by atoms with E-state index in [0.29, 0.717) is 6.04 Å². The fraction of sp³-hybridized carbons (Fsp3) is 0.941. The van der Waals surface area contributed by atoms with Gasteiger partial charge >= 0.3 is 0 Å². The van der Waals surface area contributed by atoms with Crippen LogP contribution in [0.15, 0.2) is 0 Å². The zero-order valence-corrected chi connectivity index (χ0v) is 13.1. The first-order valence-electron chi connectivity index (χ1n) is 8.46. The second-order valence-electron chi connectivity index (χ2n) is 7.57. The Hall–Kier alpha value is -0.590. The Bertz CT molecular complexity index is 388. The van der Waals surface area contributed by atoms with Crippen molar-refractivity contribution in [2.24, 2.45) is 17.8 Å². The number of nitriles is 1. The average Bonchev–Trinajstić information content (AvgIpc) is 3.09. The Kier molecular flexibility index (Phi) is 4.06. The molecule has 5 atom stereocenters. The lowest BCUT2D eigenvalue weighted by atomic mass is 9.79. The summed E-state index contributed by atoms with van der Waals surface area (Å²) >= 11 is 0. The van der Waals surface area contributed by atoms with Gasteiger partial charge in [-0.15, -0.1) is 0 Å². The Morgan fingerprint density at radius 3 is 2.75 bits per heavy atom. The van der Waals surface area contributed by atoms with Crippen molar-refractivity contribution >= 4 is 0 Å². The van der Waals surface area contributed by atoms with Crippen molar-refractivity contribution in [2.45, 2.75) is 62.9 Å². The molecule has 3 saturated carbocycles. The molecule has 0 amide bonds. The average molecular weight is 275 g/mol. The molecule has 3 fully saturated rings. The molecule has 0 aliphatic heterocycles. The van der Waals surface area contributed by atoms with Gasteiger partial charge in [-0.1, -0.05) is 6.42 Å². The molecule has 20 heavy (non-hydrogen) atoms. The van der Waals surface area contributed by atoms with Crippen LogP contribution in [0.25, 0.3) is 0 Å². The van der Waals surface area contributed by atoms with E-state index in [1.165, 1.54) is 45.1 Å². The zero-order valence-electron chi connectivity index (χ0n) is 13.1. The largest absolute Gasteiger partial charge is 0.303 e. The summed E-state index contributed by atoms with van der Waals surface area (Å²) < 4.78 is 0. The number of hydrogen-bond donors (Lipinski definition) is 1. The van der Waals surface area contributed by atoms with Crippen molar-refractivity contribution in [3.05, 3.63) is 0 Å². The predicted molar refractivity (Wildman–Crippen MR) is 81.2 cm³/mol. The van der Waals surface area contributed by atoms with E-state index in [-0.39, 0.29) is 5.54 Å². The molecule has 3 aliphatic rings. The van der Waals surface area contributed by atoms with Crippen LogP contribution in [0.4, 0.5) is 0 Å². The Labute approximate surface area is 123 Å². The predicted octanol–water partition coefficient (Wildman–Crippen LogP) is 2.78. The van der Waals surface area contributed by atoms with Crippen molar-refractivity contribution in [1.82, 2.24) is 10.2 Å². The van der Waals surface area contributed by atoms with Gasteiger partial charge < -0.3 is 10.2 Å². The van der Waals surface area contributed by atoms with E-state index in [0.717, 1.165) is 30.6 Å². The van der Waals surface area contributed by atoms with Crippen LogP contribution >= 0.6 is 0 Å². The highest BCUT2D eigenvalue weighted by atomic mass is 15.1. The molecule has 2 bridgehead atoms. The van der Waals surface area contributed by atoms with Gasteiger partial charge in [0.25, 0.3) is 0 Å². The molecule has 0 heterocycles. The summed E-state index contributed by atoms with van der Waals surface area (Å²) in [4.78, 5) is 2.58. The smallest absolute Gasteiger partial charge is 0.108 e. The van der Waals surface area contributed by atoms with Crippen molar-refractivity contribution in [3.8, 4) is 6.07 Å². The van der Waals surface area contributed by atoms with Crippen LogP contribution in [0.3, 0.4) is 0 Å². The summed E-state index contributed by atoms with van der Waals surface area (Å²) in [7, 11) is 4.24. The van der Waals surface area contributed by atoms with E-state index in [2.05, 4.69) is 23.3 Å². The maximum atomic E-state index is 9.48. The third-order valence-electron chi connectivity index (χ3n) is 6.45. The van der Waals surface area contributed by atoms with E-state index in [1.807, 2.05) is 7.05 Å². The monoisotopic (exact) mass is 275 g/mol. The Balaban J connectivity index is 1.57. The number of fused-ring (bicyclic) bond motifs is 2. The molecule has 0 saturated heterocycles. The normalized spacial score (nSPS) is 43.9. The van der Waals surface area contributed by atoms with Gasteiger partial charge in [0.2, 0.25) is 0 Å². The van der Waals surface area contributed by atoms with Gasteiger partial charge in [0.05, 0.1) is 6.07 Å². The summed E-state index contributed by atoms with van der Waals surface area (Å²) in [6.45, 7) is 1.26. The minimum Gasteiger partial charge on any atom is -0.303 e. The van der Waals surface area contributed by atoms with Gasteiger partial charge in [0, 0.05) is 12.6 Å². The Morgan fingerprint density at radius 2 is 2.15 bits per heavy atom. The molecule has 3 rings (SSSR count). The maximum absolute atomic E-state index is 9.48. The molecule has 0 aromatic heterocycles. The summed E-state index contributed by atoms with van der Waals surface area (Å²) in [5, 5.41) is 12.8. The maximum Gasteiger partial charge on any atom is 0.108 e. The fourth-order valence-corrected chi connectivity index (χ4v) is 5.13. The van der Waals surface area contributed by atoms with Gasteiger partial charge in [-0.3, -0.25) is 0 Å². The first kappa shape index (κ1) is 14.4. The van der Waals surface area contributed by atoms with Crippen molar-refractivity contribution in [1.29, 1.82) is 5.26 Å². The van der Waals surface area contributed by atoms with E-state index in [4.69, 9.17) is 0 Å². The summed E-state index contributed by atoms with van der Waals surface area (Å²) in [5.74, 6) is 2.99. The first-order valence-corrected chi connectivity index (χ1v) is 8.46. The third kappa shape index (κ3) is 2.61. The lowest BCUT2D eigenvalue weighted by molar-refractivity contribution is 0.117. The summed E-state index contributed by atoms with van der Waals surface area (Å²) in [6, 6.07) is 3.13. The van der Waals surface area contributed by atoms with Crippen LogP contribution in [-0.4, -0.2) is 37.1 Å². The highest BCUT2D eigenvalue weighted by molar-refractivity contribution is 5.10. The first-order chi connectivity index (χ1) is 9.65. The van der Waals surface area contributed by atoms with Crippen molar-refractivity contribution in [3.63, 3.8) is 0 Å². The van der Waals surface area contributed by atoms with Gasteiger partial charge in [-0.05, 0) is 76.8 Å². The second kappa shape index (κ2) is 5.66. The second-order valence-corrected chi connectivity index (χ2v) is 7.57. The number of rotatable bonds is 4. The fourth-order valence-electron chi connectivity index (χ4n) is 5.13. The zero-order chi connectivity index (χ0) is 14.2. The van der Waals surface area contributed by atoms with E-state index in [1.54, 1.807) is 0 Å². The van der Waals surface area contributed by atoms with Crippen LogP contribution < -0.4 is 5.32 Å². The molecular weight excluding hydrogens is 246 g/mol. The van der Waals surface area contributed by atoms with Gasteiger partial charge in [-0.25, -0.2) is 0 Å². The molecule has 3 heteroatoms. The lowest BCUT2D eigenvalue weighted by Gasteiger charge is -2.41. The van der Waals surface area contributed by atoms with E-state index >= 15 is 0 Å². The number of nitrogens with one attached hydrogen (secondary N) is 1. The highest BCUT2D eigenvalue weighted by Crippen LogP contribution is 2.48. The molecule has 5 unspecified atom stereocenters. The molecule has 1 N–H and O–H groups in total. The van der Waals surface area contributed by atoms with Crippen LogP contribution in [0.1, 0.15) is 51.4 Å². The standard InChI is InChI=1S/C17H29N3/c1-19-17(12-18)7-3-4-16(10-17)20(2)11-15-9-13-5-6-14(15)8-13/h13-16,19H,3-11H2,1-2H3. The summed E-state index contributed by atoms with van der Waals surface area (Å²) in [5.41, 5.74) is -0.272. The minimum atomic E-state index is -0.272.